The Morgan fingerprint density at radius 3 is 2.63 bits per heavy atom. The number of hydrogen-bond acceptors (Lipinski definition) is 5. The van der Waals surface area contributed by atoms with Crippen LogP contribution >= 0.6 is 11.3 Å². The Balaban J connectivity index is 1.61. The topological polar surface area (TPSA) is 56.5 Å². The molecule has 2 heterocycles. The Hall–Kier alpha value is -2.99. The van der Waals surface area contributed by atoms with Crippen LogP contribution in [0.3, 0.4) is 0 Å². The van der Waals surface area contributed by atoms with Crippen molar-refractivity contribution in [2.75, 3.05) is 6.61 Å². The van der Waals surface area contributed by atoms with Gasteiger partial charge in [0.25, 0.3) is 5.56 Å². The monoisotopic (exact) mass is 419 g/mol. The van der Waals surface area contributed by atoms with E-state index in [1.165, 1.54) is 40.7 Å². The molecule has 0 saturated heterocycles. The van der Waals surface area contributed by atoms with Gasteiger partial charge in [-0.15, -0.1) is 5.10 Å². The van der Waals surface area contributed by atoms with Gasteiger partial charge in [-0.2, -0.15) is 9.50 Å². The van der Waals surface area contributed by atoms with Gasteiger partial charge in [-0.1, -0.05) is 85.6 Å². The Morgan fingerprint density at radius 2 is 1.87 bits per heavy atom. The van der Waals surface area contributed by atoms with Crippen LogP contribution in [0.2, 0.25) is 0 Å². The lowest BCUT2D eigenvalue weighted by atomic mass is 10.1. The molecule has 0 unspecified atom stereocenters. The predicted octanol–water partition coefficient (Wildman–Crippen LogP) is 4.63. The fraction of sp³-hybridized carbons (Fsp3) is 0.292. The van der Waals surface area contributed by atoms with Crippen molar-refractivity contribution in [3.8, 4) is 17.1 Å². The quantitative estimate of drug-likeness (QED) is 0.391. The van der Waals surface area contributed by atoms with Crippen LogP contribution in [0.25, 0.3) is 22.4 Å². The molecule has 0 atom stereocenters. The number of aryl methyl sites for hydroxylation is 1. The largest absolute Gasteiger partial charge is 0.493 e. The van der Waals surface area contributed by atoms with E-state index >= 15 is 0 Å². The predicted molar refractivity (Wildman–Crippen MR) is 122 cm³/mol. The minimum atomic E-state index is -0.154. The van der Waals surface area contributed by atoms with Crippen LogP contribution in [-0.4, -0.2) is 21.2 Å². The lowest BCUT2D eigenvalue weighted by Gasteiger charge is -2.08. The second-order valence-electron chi connectivity index (χ2n) is 7.36. The second kappa shape index (κ2) is 9.22. The Kier molecular flexibility index (Phi) is 6.23. The number of nitrogens with zero attached hydrogens (tertiary/aromatic N) is 3. The minimum absolute atomic E-state index is 0.154. The molecule has 0 N–H and O–H groups in total. The van der Waals surface area contributed by atoms with E-state index in [2.05, 4.69) is 17.0 Å². The van der Waals surface area contributed by atoms with Gasteiger partial charge < -0.3 is 4.74 Å². The average Bonchev–Trinajstić information content (AvgIpc) is 3.29. The summed E-state index contributed by atoms with van der Waals surface area (Å²) in [6.07, 6.45) is 6.51. The Labute approximate surface area is 179 Å². The highest BCUT2D eigenvalue weighted by Crippen LogP contribution is 2.20. The van der Waals surface area contributed by atoms with E-state index in [0.717, 1.165) is 23.3 Å². The van der Waals surface area contributed by atoms with Gasteiger partial charge in [-0.25, -0.2) is 0 Å². The zero-order valence-electron chi connectivity index (χ0n) is 17.3. The molecule has 0 aliphatic carbocycles. The van der Waals surface area contributed by atoms with Gasteiger partial charge >= 0.3 is 0 Å². The third-order valence-corrected chi connectivity index (χ3v) is 5.91. The smallest absolute Gasteiger partial charge is 0.291 e. The number of rotatable bonds is 8. The third-order valence-electron chi connectivity index (χ3n) is 4.95. The van der Waals surface area contributed by atoms with Crippen molar-refractivity contribution >= 4 is 22.4 Å². The molecule has 6 heteroatoms. The van der Waals surface area contributed by atoms with Crippen LogP contribution < -0.4 is 14.8 Å². The maximum atomic E-state index is 12.9. The van der Waals surface area contributed by atoms with Crippen molar-refractivity contribution in [3.05, 3.63) is 74.5 Å². The Bertz CT molecular complexity index is 1240. The van der Waals surface area contributed by atoms with E-state index in [0.29, 0.717) is 21.9 Å². The molecule has 4 rings (SSSR count). The van der Waals surface area contributed by atoms with Crippen molar-refractivity contribution in [1.82, 2.24) is 14.6 Å². The molecule has 0 fully saturated rings. The van der Waals surface area contributed by atoms with Crippen molar-refractivity contribution in [2.45, 2.75) is 39.5 Å². The Morgan fingerprint density at radius 1 is 1.07 bits per heavy atom. The van der Waals surface area contributed by atoms with E-state index in [1.807, 2.05) is 61.5 Å². The van der Waals surface area contributed by atoms with Gasteiger partial charge in [0.15, 0.2) is 5.82 Å². The van der Waals surface area contributed by atoms with Crippen molar-refractivity contribution in [1.29, 1.82) is 0 Å². The number of hydrogen-bond donors (Lipinski definition) is 0. The summed E-state index contributed by atoms with van der Waals surface area (Å²) in [5.41, 5.74) is 2.82. The molecule has 2 aromatic heterocycles. The summed E-state index contributed by atoms with van der Waals surface area (Å²) in [5, 5.41) is 4.43. The van der Waals surface area contributed by atoms with Gasteiger partial charge in [0.2, 0.25) is 4.96 Å². The fourth-order valence-corrected chi connectivity index (χ4v) is 4.14. The van der Waals surface area contributed by atoms with E-state index in [-0.39, 0.29) is 5.56 Å². The fourth-order valence-electron chi connectivity index (χ4n) is 3.24. The standard InChI is InChI=1S/C24H25N3O2S/c1-3-4-5-8-15-29-20-10-7-6-9-19(20)16-21-23(28)27-24(30-21)25-22(26-27)18-13-11-17(2)12-14-18/h6-7,9-14,16H,3-5,8,15H2,1-2H3/b21-16+. The van der Waals surface area contributed by atoms with Crippen molar-refractivity contribution < 1.29 is 4.74 Å². The molecule has 0 aliphatic heterocycles. The molecule has 4 aromatic rings. The number of fused-ring (bicyclic) bond motifs is 1. The average molecular weight is 420 g/mol. The maximum absolute atomic E-state index is 12.9. The number of thiazole rings is 1. The van der Waals surface area contributed by atoms with Crippen LogP contribution in [0, 0.1) is 6.92 Å². The highest BCUT2D eigenvalue weighted by atomic mass is 32.1. The van der Waals surface area contributed by atoms with E-state index < -0.39 is 0 Å². The van der Waals surface area contributed by atoms with Gasteiger partial charge in [0.05, 0.1) is 11.1 Å². The van der Waals surface area contributed by atoms with Gasteiger partial charge in [0.1, 0.15) is 5.75 Å². The van der Waals surface area contributed by atoms with Crippen molar-refractivity contribution in [3.63, 3.8) is 0 Å². The van der Waals surface area contributed by atoms with Gasteiger partial charge in [0, 0.05) is 11.1 Å². The molecule has 0 radical (unpaired) electrons. The first-order valence-electron chi connectivity index (χ1n) is 10.4. The molecule has 0 aliphatic rings. The SMILES string of the molecule is CCCCCCOc1ccccc1/C=c1/sc2nc(-c3ccc(C)cc3)nn2c1=O. The highest BCUT2D eigenvalue weighted by Gasteiger charge is 2.12. The third kappa shape index (κ3) is 4.44. The van der Waals surface area contributed by atoms with E-state index in [4.69, 9.17) is 4.74 Å². The number of para-hydroxylation sites is 1. The molecular formula is C24H25N3O2S. The van der Waals surface area contributed by atoms with Gasteiger partial charge in [-0.05, 0) is 25.5 Å². The zero-order valence-corrected chi connectivity index (χ0v) is 18.1. The molecular weight excluding hydrogens is 394 g/mol. The van der Waals surface area contributed by atoms with E-state index in [9.17, 15) is 4.79 Å². The molecule has 5 nitrogen and oxygen atoms in total. The molecule has 0 saturated carbocycles. The van der Waals surface area contributed by atoms with E-state index in [1.54, 1.807) is 0 Å². The first kappa shape index (κ1) is 20.3. The first-order chi connectivity index (χ1) is 14.7. The normalized spacial score (nSPS) is 12.0. The summed E-state index contributed by atoms with van der Waals surface area (Å²) in [6.45, 7) is 4.92. The van der Waals surface area contributed by atoms with Crippen LogP contribution in [-0.2, 0) is 0 Å². The summed E-state index contributed by atoms with van der Waals surface area (Å²) < 4.78 is 7.96. The van der Waals surface area contributed by atoms with Crippen LogP contribution in [0.15, 0.2) is 53.3 Å². The summed E-state index contributed by atoms with van der Waals surface area (Å²) in [6, 6.07) is 15.8. The molecule has 154 valence electrons. The maximum Gasteiger partial charge on any atom is 0.291 e. The lowest BCUT2D eigenvalue weighted by molar-refractivity contribution is 0.304. The van der Waals surface area contributed by atoms with Crippen molar-refractivity contribution in [2.24, 2.45) is 0 Å². The van der Waals surface area contributed by atoms with Gasteiger partial charge in [-0.3, -0.25) is 4.79 Å². The summed E-state index contributed by atoms with van der Waals surface area (Å²) >= 11 is 1.35. The first-order valence-corrected chi connectivity index (χ1v) is 11.2. The second-order valence-corrected chi connectivity index (χ2v) is 8.37. The molecule has 30 heavy (non-hydrogen) atoms. The lowest BCUT2D eigenvalue weighted by Crippen LogP contribution is -2.23. The number of aromatic nitrogens is 3. The molecule has 2 aromatic carbocycles. The molecule has 0 bridgehead atoms. The van der Waals surface area contributed by atoms with Crippen LogP contribution in [0.4, 0.5) is 0 Å². The molecule has 0 amide bonds. The molecule has 0 spiro atoms. The summed E-state index contributed by atoms with van der Waals surface area (Å²) in [4.78, 5) is 18.0. The highest BCUT2D eigenvalue weighted by molar-refractivity contribution is 7.15. The van der Waals surface area contributed by atoms with Crippen LogP contribution in [0.1, 0.15) is 43.7 Å². The summed E-state index contributed by atoms with van der Waals surface area (Å²) in [7, 11) is 0. The number of benzene rings is 2. The summed E-state index contributed by atoms with van der Waals surface area (Å²) in [5.74, 6) is 1.37. The number of ether oxygens (including phenoxy) is 1. The minimum Gasteiger partial charge on any atom is -0.493 e. The number of unbranched alkanes of at least 4 members (excludes halogenated alkanes) is 3. The van der Waals surface area contributed by atoms with Crippen LogP contribution in [0.5, 0.6) is 5.75 Å². The zero-order chi connectivity index (χ0) is 20.9.